The Morgan fingerprint density at radius 2 is 2.19 bits per heavy atom. The maximum atomic E-state index is 10.8. The second kappa shape index (κ2) is 4.54. The Hall–Kier alpha value is -1.54. The van der Waals surface area contributed by atoms with E-state index in [9.17, 15) is 4.79 Å². The molecule has 0 spiro atoms. The van der Waals surface area contributed by atoms with Gasteiger partial charge in [0.2, 0.25) is 0 Å². The number of hydrogen-bond acceptors (Lipinski definition) is 1. The van der Waals surface area contributed by atoms with E-state index in [-0.39, 0.29) is 0 Å². The molecule has 0 radical (unpaired) electrons. The van der Waals surface area contributed by atoms with Crippen LogP contribution in [-0.2, 0) is 6.54 Å². The largest absolute Gasteiger partial charge is 0.341 e. The normalized spacial score (nSPS) is 10.4. The number of rotatable bonds is 3. The van der Waals surface area contributed by atoms with Crippen LogP contribution in [0, 0.1) is 6.92 Å². The molecule has 0 saturated heterocycles. The van der Waals surface area contributed by atoms with Crippen LogP contribution in [0.2, 0.25) is 5.02 Å². The molecule has 2 nitrogen and oxygen atoms in total. The van der Waals surface area contributed by atoms with E-state index in [4.69, 9.17) is 11.6 Å². The summed E-state index contributed by atoms with van der Waals surface area (Å²) in [6.07, 6.45) is 2.72. The molecule has 0 atom stereocenters. The van der Waals surface area contributed by atoms with Crippen molar-refractivity contribution in [1.29, 1.82) is 0 Å². The topological polar surface area (TPSA) is 22.0 Å². The highest BCUT2D eigenvalue weighted by atomic mass is 35.5. The molecule has 0 saturated carbocycles. The predicted molar refractivity (Wildman–Crippen MR) is 65.1 cm³/mol. The SMILES string of the molecule is Cc1ccc(Cn2cccc2C=O)c(Cl)c1. The summed E-state index contributed by atoms with van der Waals surface area (Å²) in [6.45, 7) is 2.63. The monoisotopic (exact) mass is 233 g/mol. The molecule has 0 unspecified atom stereocenters. The molecule has 0 aliphatic carbocycles. The molecule has 1 aromatic carbocycles. The van der Waals surface area contributed by atoms with Gasteiger partial charge in [-0.2, -0.15) is 0 Å². The first kappa shape index (κ1) is 11.0. The van der Waals surface area contributed by atoms with Crippen LogP contribution in [-0.4, -0.2) is 10.9 Å². The van der Waals surface area contributed by atoms with Crippen molar-refractivity contribution in [1.82, 2.24) is 4.57 Å². The average Bonchev–Trinajstić information content (AvgIpc) is 2.69. The van der Waals surface area contributed by atoms with Crippen LogP contribution in [0.1, 0.15) is 21.6 Å². The Morgan fingerprint density at radius 3 is 2.88 bits per heavy atom. The molecule has 3 heteroatoms. The number of hydrogen-bond donors (Lipinski definition) is 0. The molecule has 0 fully saturated rings. The molecule has 0 N–H and O–H groups in total. The molecule has 0 amide bonds. The Bertz CT molecular complexity index is 516. The minimum Gasteiger partial charge on any atom is -0.341 e. The fourth-order valence-corrected chi connectivity index (χ4v) is 1.94. The molecule has 0 aliphatic rings. The summed E-state index contributed by atoms with van der Waals surface area (Å²) in [5.74, 6) is 0. The summed E-state index contributed by atoms with van der Waals surface area (Å²) in [5, 5.41) is 0.741. The highest BCUT2D eigenvalue weighted by Gasteiger charge is 2.04. The molecular weight excluding hydrogens is 222 g/mol. The summed E-state index contributed by atoms with van der Waals surface area (Å²) in [7, 11) is 0. The standard InChI is InChI=1S/C13H12ClNO/c1-10-4-5-11(13(14)7-10)8-15-6-2-3-12(15)9-16/h2-7,9H,8H2,1H3. The van der Waals surface area contributed by atoms with Gasteiger partial charge in [-0.25, -0.2) is 0 Å². The number of benzene rings is 1. The first-order chi connectivity index (χ1) is 7.70. The minimum absolute atomic E-state index is 0.625. The highest BCUT2D eigenvalue weighted by molar-refractivity contribution is 6.31. The van der Waals surface area contributed by atoms with Crippen LogP contribution >= 0.6 is 11.6 Å². The highest BCUT2D eigenvalue weighted by Crippen LogP contribution is 2.19. The van der Waals surface area contributed by atoms with Crippen molar-refractivity contribution >= 4 is 17.9 Å². The van der Waals surface area contributed by atoms with Crippen LogP contribution < -0.4 is 0 Å². The van der Waals surface area contributed by atoms with Gasteiger partial charge in [0.1, 0.15) is 0 Å². The Labute approximate surface area is 99.5 Å². The second-order valence-corrected chi connectivity index (χ2v) is 4.18. The van der Waals surface area contributed by atoms with E-state index in [1.165, 1.54) is 0 Å². The van der Waals surface area contributed by atoms with E-state index in [1.54, 1.807) is 6.07 Å². The zero-order valence-corrected chi connectivity index (χ0v) is 9.74. The first-order valence-electron chi connectivity index (χ1n) is 5.06. The molecular formula is C13H12ClNO. The third-order valence-electron chi connectivity index (χ3n) is 2.53. The van der Waals surface area contributed by atoms with Gasteiger partial charge in [0.05, 0.1) is 5.69 Å². The van der Waals surface area contributed by atoms with Gasteiger partial charge in [-0.1, -0.05) is 23.7 Å². The zero-order chi connectivity index (χ0) is 11.5. The number of aromatic nitrogens is 1. The lowest BCUT2D eigenvalue weighted by Crippen LogP contribution is -2.02. The van der Waals surface area contributed by atoms with Crippen molar-refractivity contribution in [2.75, 3.05) is 0 Å². The van der Waals surface area contributed by atoms with Gasteiger partial charge in [0.15, 0.2) is 6.29 Å². The quantitative estimate of drug-likeness (QED) is 0.746. The molecule has 1 heterocycles. The van der Waals surface area contributed by atoms with Crippen LogP contribution in [0.15, 0.2) is 36.5 Å². The Balaban J connectivity index is 2.30. The summed E-state index contributed by atoms with van der Waals surface area (Å²) < 4.78 is 1.88. The van der Waals surface area contributed by atoms with Crippen molar-refractivity contribution in [2.24, 2.45) is 0 Å². The van der Waals surface area contributed by atoms with Gasteiger partial charge < -0.3 is 4.57 Å². The fraction of sp³-hybridized carbons (Fsp3) is 0.154. The number of aldehydes is 1. The minimum atomic E-state index is 0.625. The van der Waals surface area contributed by atoms with E-state index >= 15 is 0 Å². The third-order valence-corrected chi connectivity index (χ3v) is 2.89. The predicted octanol–water partition coefficient (Wildman–Crippen LogP) is 3.31. The van der Waals surface area contributed by atoms with Crippen molar-refractivity contribution in [2.45, 2.75) is 13.5 Å². The van der Waals surface area contributed by atoms with Crippen LogP contribution in [0.5, 0.6) is 0 Å². The average molecular weight is 234 g/mol. The Morgan fingerprint density at radius 1 is 1.38 bits per heavy atom. The van der Waals surface area contributed by atoms with Crippen LogP contribution in [0.4, 0.5) is 0 Å². The van der Waals surface area contributed by atoms with Gasteiger partial charge >= 0.3 is 0 Å². The Kier molecular flexibility index (Phi) is 3.11. The van der Waals surface area contributed by atoms with Crippen LogP contribution in [0.3, 0.4) is 0 Å². The van der Waals surface area contributed by atoms with E-state index in [2.05, 4.69) is 0 Å². The molecule has 2 rings (SSSR count). The smallest absolute Gasteiger partial charge is 0.166 e. The number of carbonyl (C=O) groups is 1. The maximum Gasteiger partial charge on any atom is 0.166 e. The lowest BCUT2D eigenvalue weighted by atomic mass is 10.1. The van der Waals surface area contributed by atoms with E-state index in [1.807, 2.05) is 42.0 Å². The van der Waals surface area contributed by atoms with E-state index in [0.29, 0.717) is 12.2 Å². The van der Waals surface area contributed by atoms with Gasteiger partial charge in [0, 0.05) is 17.8 Å². The molecule has 82 valence electrons. The van der Waals surface area contributed by atoms with Gasteiger partial charge in [-0.3, -0.25) is 4.79 Å². The molecule has 2 aromatic rings. The van der Waals surface area contributed by atoms with Crippen LogP contribution in [0.25, 0.3) is 0 Å². The second-order valence-electron chi connectivity index (χ2n) is 3.77. The molecule has 0 bridgehead atoms. The number of nitrogens with zero attached hydrogens (tertiary/aromatic N) is 1. The fourth-order valence-electron chi connectivity index (χ4n) is 1.64. The first-order valence-corrected chi connectivity index (χ1v) is 5.44. The van der Waals surface area contributed by atoms with Crippen molar-refractivity contribution < 1.29 is 4.79 Å². The summed E-state index contributed by atoms with van der Waals surface area (Å²) in [4.78, 5) is 10.8. The maximum absolute atomic E-state index is 10.8. The van der Waals surface area contributed by atoms with Gasteiger partial charge in [-0.15, -0.1) is 0 Å². The number of carbonyl (C=O) groups excluding carboxylic acids is 1. The lowest BCUT2D eigenvalue weighted by Gasteiger charge is -2.08. The summed E-state index contributed by atoms with van der Waals surface area (Å²) in [5.41, 5.74) is 2.82. The summed E-state index contributed by atoms with van der Waals surface area (Å²) >= 11 is 6.14. The number of halogens is 1. The number of aryl methyl sites for hydroxylation is 1. The zero-order valence-electron chi connectivity index (χ0n) is 8.98. The van der Waals surface area contributed by atoms with Crippen molar-refractivity contribution in [3.05, 3.63) is 58.4 Å². The molecule has 0 aliphatic heterocycles. The van der Waals surface area contributed by atoms with Crippen molar-refractivity contribution in [3.8, 4) is 0 Å². The third kappa shape index (κ3) is 2.17. The van der Waals surface area contributed by atoms with Crippen molar-refractivity contribution in [3.63, 3.8) is 0 Å². The van der Waals surface area contributed by atoms with Gasteiger partial charge in [0.25, 0.3) is 0 Å². The lowest BCUT2D eigenvalue weighted by molar-refractivity contribution is 0.111. The van der Waals surface area contributed by atoms with E-state index < -0.39 is 0 Å². The van der Waals surface area contributed by atoms with Gasteiger partial charge in [-0.05, 0) is 36.2 Å². The molecule has 1 aromatic heterocycles. The summed E-state index contributed by atoms with van der Waals surface area (Å²) in [6, 6.07) is 9.58. The van der Waals surface area contributed by atoms with E-state index in [0.717, 1.165) is 22.4 Å². The molecule has 16 heavy (non-hydrogen) atoms.